The molecule has 0 amide bonds. The molecular formula is C17H15N5O3S. The summed E-state index contributed by atoms with van der Waals surface area (Å²) in [6.07, 6.45) is 0. The molecule has 0 aliphatic rings. The molecule has 0 unspecified atom stereocenters. The predicted octanol–water partition coefficient (Wildman–Crippen LogP) is 2.69. The number of fused-ring (bicyclic) bond motifs is 1. The fraction of sp³-hybridized carbons (Fsp3) is 0.176. The first kappa shape index (κ1) is 16.3. The molecule has 0 bridgehead atoms. The van der Waals surface area contributed by atoms with Gasteiger partial charge < -0.3 is 9.47 Å². The van der Waals surface area contributed by atoms with Crippen molar-refractivity contribution >= 4 is 22.3 Å². The number of benzene rings is 2. The van der Waals surface area contributed by atoms with Crippen molar-refractivity contribution in [1.82, 2.24) is 23.7 Å². The standard InChI is InChI=1S/C17H15N5O3S/c1-10-18-16(26-20-10)25-12-8-7-11-5-4-6-14(13(11)9-12)22-15(24-3)19-21(2)17(22)23/h4-9H,1-3H3. The van der Waals surface area contributed by atoms with Crippen LogP contribution in [0.5, 0.6) is 17.0 Å². The van der Waals surface area contributed by atoms with Gasteiger partial charge in [-0.15, -0.1) is 5.10 Å². The number of nitrogens with zero attached hydrogens (tertiary/aromatic N) is 5. The Morgan fingerprint density at radius 2 is 2.04 bits per heavy atom. The Labute approximate surface area is 152 Å². The van der Waals surface area contributed by atoms with Crippen LogP contribution in [0.1, 0.15) is 5.82 Å². The van der Waals surface area contributed by atoms with Gasteiger partial charge in [0, 0.05) is 24.0 Å². The van der Waals surface area contributed by atoms with Crippen molar-refractivity contribution < 1.29 is 9.47 Å². The molecule has 0 fully saturated rings. The van der Waals surface area contributed by atoms with Crippen LogP contribution in [-0.2, 0) is 7.05 Å². The second-order valence-corrected chi connectivity index (χ2v) is 6.31. The number of ether oxygens (including phenoxy) is 2. The van der Waals surface area contributed by atoms with E-state index in [0.717, 1.165) is 10.8 Å². The topological polar surface area (TPSA) is 84.1 Å². The average molecular weight is 369 g/mol. The first-order valence-corrected chi connectivity index (χ1v) is 8.55. The van der Waals surface area contributed by atoms with Crippen molar-refractivity contribution in [2.75, 3.05) is 7.11 Å². The zero-order valence-corrected chi connectivity index (χ0v) is 15.1. The number of hydrogen-bond donors (Lipinski definition) is 0. The van der Waals surface area contributed by atoms with E-state index in [0.29, 0.717) is 22.5 Å². The molecule has 4 aromatic rings. The monoisotopic (exact) mass is 369 g/mol. The third-order valence-electron chi connectivity index (χ3n) is 3.86. The van der Waals surface area contributed by atoms with Gasteiger partial charge in [0.15, 0.2) is 0 Å². The van der Waals surface area contributed by atoms with Gasteiger partial charge in [0.25, 0.3) is 5.19 Å². The molecule has 9 heteroatoms. The molecule has 4 rings (SSSR count). The Morgan fingerprint density at radius 1 is 1.19 bits per heavy atom. The molecule has 0 spiro atoms. The molecule has 0 aliphatic heterocycles. The summed E-state index contributed by atoms with van der Waals surface area (Å²) in [5, 5.41) is 6.36. The van der Waals surface area contributed by atoms with E-state index in [9.17, 15) is 4.79 Å². The van der Waals surface area contributed by atoms with Gasteiger partial charge in [-0.3, -0.25) is 0 Å². The smallest absolute Gasteiger partial charge is 0.353 e. The molecular weight excluding hydrogens is 354 g/mol. The molecule has 26 heavy (non-hydrogen) atoms. The lowest BCUT2D eigenvalue weighted by molar-refractivity contribution is 0.369. The minimum atomic E-state index is -0.291. The van der Waals surface area contributed by atoms with Crippen LogP contribution in [0.2, 0.25) is 0 Å². The summed E-state index contributed by atoms with van der Waals surface area (Å²) in [7, 11) is 3.06. The highest BCUT2D eigenvalue weighted by atomic mass is 32.1. The largest absolute Gasteiger partial charge is 0.467 e. The van der Waals surface area contributed by atoms with Crippen LogP contribution < -0.4 is 15.2 Å². The number of aryl methyl sites for hydroxylation is 2. The summed E-state index contributed by atoms with van der Waals surface area (Å²) in [4.78, 5) is 16.7. The van der Waals surface area contributed by atoms with Crippen molar-refractivity contribution in [3.63, 3.8) is 0 Å². The molecule has 2 aromatic heterocycles. The molecule has 8 nitrogen and oxygen atoms in total. The Bertz CT molecular complexity index is 1160. The molecule has 0 N–H and O–H groups in total. The van der Waals surface area contributed by atoms with Gasteiger partial charge in [-0.2, -0.15) is 9.36 Å². The lowest BCUT2D eigenvalue weighted by Crippen LogP contribution is -2.21. The minimum Gasteiger partial charge on any atom is -0.467 e. The summed E-state index contributed by atoms with van der Waals surface area (Å²) >= 11 is 1.19. The maximum Gasteiger partial charge on any atom is 0.353 e. The van der Waals surface area contributed by atoms with Crippen LogP contribution in [0.25, 0.3) is 16.5 Å². The van der Waals surface area contributed by atoms with Gasteiger partial charge >= 0.3 is 11.7 Å². The van der Waals surface area contributed by atoms with Gasteiger partial charge in [-0.25, -0.2) is 14.0 Å². The lowest BCUT2D eigenvalue weighted by atomic mass is 10.1. The van der Waals surface area contributed by atoms with Crippen molar-refractivity contribution in [3.05, 3.63) is 52.7 Å². The second kappa shape index (κ2) is 6.26. The average Bonchev–Trinajstić information content (AvgIpc) is 3.17. The van der Waals surface area contributed by atoms with Crippen LogP contribution in [0, 0.1) is 6.92 Å². The highest BCUT2D eigenvalue weighted by molar-refractivity contribution is 7.07. The fourth-order valence-corrected chi connectivity index (χ4v) is 3.25. The van der Waals surface area contributed by atoms with Gasteiger partial charge in [0.1, 0.15) is 11.6 Å². The van der Waals surface area contributed by atoms with E-state index < -0.39 is 0 Å². The lowest BCUT2D eigenvalue weighted by Gasteiger charge is -2.10. The van der Waals surface area contributed by atoms with Crippen molar-refractivity contribution in [1.29, 1.82) is 0 Å². The highest BCUT2D eigenvalue weighted by Gasteiger charge is 2.16. The minimum absolute atomic E-state index is 0.219. The first-order chi connectivity index (χ1) is 12.6. The molecule has 2 aromatic carbocycles. The summed E-state index contributed by atoms with van der Waals surface area (Å²) in [5.74, 6) is 1.27. The maximum absolute atomic E-state index is 12.5. The summed E-state index contributed by atoms with van der Waals surface area (Å²) in [6, 6.07) is 11.5. The van der Waals surface area contributed by atoms with E-state index in [4.69, 9.17) is 9.47 Å². The van der Waals surface area contributed by atoms with Crippen molar-refractivity contribution in [2.24, 2.45) is 7.05 Å². The van der Waals surface area contributed by atoms with Gasteiger partial charge in [0.05, 0.1) is 12.8 Å². The second-order valence-electron chi connectivity index (χ2n) is 5.60. The van der Waals surface area contributed by atoms with Crippen LogP contribution in [-0.4, -0.2) is 30.8 Å². The van der Waals surface area contributed by atoms with E-state index in [-0.39, 0.29) is 11.7 Å². The molecule has 0 atom stereocenters. The Hall–Kier alpha value is -3.20. The summed E-state index contributed by atoms with van der Waals surface area (Å²) in [5.41, 5.74) is 0.372. The fourth-order valence-electron chi connectivity index (χ4n) is 2.69. The van der Waals surface area contributed by atoms with Gasteiger partial charge in [-0.1, -0.05) is 18.2 Å². The Kier molecular flexibility index (Phi) is 3.92. The third-order valence-corrected chi connectivity index (χ3v) is 4.55. The van der Waals surface area contributed by atoms with Crippen LogP contribution in [0.15, 0.2) is 41.2 Å². The summed E-state index contributed by atoms with van der Waals surface area (Å²) in [6.45, 7) is 1.81. The summed E-state index contributed by atoms with van der Waals surface area (Å²) < 4.78 is 17.8. The Morgan fingerprint density at radius 3 is 2.77 bits per heavy atom. The molecule has 0 radical (unpaired) electrons. The zero-order chi connectivity index (χ0) is 18.3. The highest BCUT2D eigenvalue weighted by Crippen LogP contribution is 2.30. The van der Waals surface area contributed by atoms with E-state index in [1.165, 1.54) is 27.9 Å². The van der Waals surface area contributed by atoms with E-state index in [1.807, 2.05) is 43.3 Å². The third kappa shape index (κ3) is 2.72. The number of methoxy groups -OCH3 is 1. The van der Waals surface area contributed by atoms with Crippen LogP contribution >= 0.6 is 11.5 Å². The van der Waals surface area contributed by atoms with E-state index in [2.05, 4.69) is 14.5 Å². The van der Waals surface area contributed by atoms with Gasteiger partial charge in [0.2, 0.25) is 0 Å². The molecule has 0 saturated heterocycles. The SMILES string of the molecule is COc1nn(C)c(=O)n1-c1cccc2ccc(Oc3nc(C)ns3)cc12. The van der Waals surface area contributed by atoms with Crippen LogP contribution in [0.4, 0.5) is 0 Å². The van der Waals surface area contributed by atoms with Crippen LogP contribution in [0.3, 0.4) is 0 Å². The maximum atomic E-state index is 12.5. The number of aromatic nitrogens is 5. The molecule has 0 aliphatic carbocycles. The molecule has 132 valence electrons. The Balaban J connectivity index is 1.88. The molecule has 0 saturated carbocycles. The number of hydrogen-bond acceptors (Lipinski definition) is 7. The normalized spacial score (nSPS) is 11.0. The number of rotatable bonds is 4. The van der Waals surface area contributed by atoms with Crippen molar-refractivity contribution in [3.8, 4) is 22.6 Å². The predicted molar refractivity (Wildman–Crippen MR) is 97.6 cm³/mol. The quantitative estimate of drug-likeness (QED) is 0.550. The van der Waals surface area contributed by atoms with E-state index in [1.54, 1.807) is 7.05 Å². The first-order valence-electron chi connectivity index (χ1n) is 7.78. The van der Waals surface area contributed by atoms with Crippen molar-refractivity contribution in [2.45, 2.75) is 6.92 Å². The van der Waals surface area contributed by atoms with Gasteiger partial charge in [-0.05, 0) is 30.5 Å². The van der Waals surface area contributed by atoms with E-state index >= 15 is 0 Å². The zero-order valence-electron chi connectivity index (χ0n) is 14.3. The molecule has 2 heterocycles.